The SMILES string of the molecule is Cc1cccc(C)c1-c1noc(/C=C(\N)c2ccccc2)n1. The molecule has 0 saturated heterocycles. The lowest BCUT2D eigenvalue weighted by atomic mass is 10.0. The van der Waals surface area contributed by atoms with Crippen LogP contribution in [-0.4, -0.2) is 10.1 Å². The molecule has 0 unspecified atom stereocenters. The minimum atomic E-state index is 0.402. The molecule has 0 saturated carbocycles. The summed E-state index contributed by atoms with van der Waals surface area (Å²) in [7, 11) is 0. The number of nitrogens with zero attached hydrogens (tertiary/aromatic N) is 2. The highest BCUT2D eigenvalue weighted by Gasteiger charge is 2.12. The maximum atomic E-state index is 6.07. The van der Waals surface area contributed by atoms with E-state index in [9.17, 15) is 0 Å². The third-order valence-corrected chi connectivity index (χ3v) is 3.53. The van der Waals surface area contributed by atoms with Gasteiger partial charge >= 0.3 is 0 Å². The maximum absolute atomic E-state index is 6.07. The smallest absolute Gasteiger partial charge is 0.253 e. The lowest BCUT2D eigenvalue weighted by molar-refractivity contribution is 0.411. The van der Waals surface area contributed by atoms with Gasteiger partial charge in [-0.3, -0.25) is 0 Å². The van der Waals surface area contributed by atoms with E-state index in [1.807, 2.05) is 62.4 Å². The molecule has 0 aliphatic carbocycles. The minimum absolute atomic E-state index is 0.402. The Hall–Kier alpha value is -2.88. The van der Waals surface area contributed by atoms with Crippen molar-refractivity contribution in [3.8, 4) is 11.4 Å². The van der Waals surface area contributed by atoms with E-state index in [4.69, 9.17) is 10.3 Å². The van der Waals surface area contributed by atoms with E-state index in [2.05, 4.69) is 10.1 Å². The Morgan fingerprint density at radius 2 is 1.68 bits per heavy atom. The quantitative estimate of drug-likeness (QED) is 0.797. The van der Waals surface area contributed by atoms with Crippen molar-refractivity contribution in [3.05, 3.63) is 71.1 Å². The second kappa shape index (κ2) is 5.85. The molecule has 3 aromatic rings. The molecule has 4 heteroatoms. The zero-order chi connectivity index (χ0) is 15.5. The van der Waals surface area contributed by atoms with Crippen molar-refractivity contribution in [2.75, 3.05) is 0 Å². The molecule has 2 N–H and O–H groups in total. The molecule has 0 atom stereocenters. The van der Waals surface area contributed by atoms with Crippen LogP contribution in [0.4, 0.5) is 0 Å². The summed E-state index contributed by atoms with van der Waals surface area (Å²) >= 11 is 0. The van der Waals surface area contributed by atoms with Gasteiger partial charge in [-0.2, -0.15) is 4.98 Å². The van der Waals surface area contributed by atoms with Crippen molar-refractivity contribution in [1.82, 2.24) is 10.1 Å². The predicted molar refractivity (Wildman–Crippen MR) is 87.7 cm³/mol. The standard InChI is InChI=1S/C18H17N3O/c1-12-7-6-8-13(2)17(12)18-20-16(22-21-18)11-15(19)14-9-4-3-5-10-14/h3-11H,19H2,1-2H3/b15-11-. The molecule has 0 fully saturated rings. The van der Waals surface area contributed by atoms with Crippen molar-refractivity contribution < 1.29 is 4.52 Å². The third-order valence-electron chi connectivity index (χ3n) is 3.53. The number of rotatable bonds is 3. The van der Waals surface area contributed by atoms with Crippen LogP contribution < -0.4 is 5.73 Å². The molecule has 0 spiro atoms. The Bertz CT molecular complexity index is 799. The van der Waals surface area contributed by atoms with E-state index in [1.54, 1.807) is 6.08 Å². The van der Waals surface area contributed by atoms with Gasteiger partial charge < -0.3 is 10.3 Å². The average Bonchev–Trinajstić information content (AvgIpc) is 2.96. The monoisotopic (exact) mass is 291 g/mol. The molecule has 4 nitrogen and oxygen atoms in total. The number of hydrogen-bond donors (Lipinski definition) is 1. The summed E-state index contributed by atoms with van der Waals surface area (Å²) < 4.78 is 5.30. The fourth-order valence-corrected chi connectivity index (χ4v) is 2.41. The molecule has 3 rings (SSSR count). The van der Waals surface area contributed by atoms with Gasteiger partial charge in [-0.25, -0.2) is 0 Å². The fourth-order valence-electron chi connectivity index (χ4n) is 2.41. The molecule has 2 aromatic carbocycles. The van der Waals surface area contributed by atoms with Crippen LogP contribution in [0, 0.1) is 13.8 Å². The maximum Gasteiger partial charge on any atom is 0.253 e. The lowest BCUT2D eigenvalue weighted by Crippen LogP contribution is -1.95. The summed E-state index contributed by atoms with van der Waals surface area (Å²) in [5, 5.41) is 4.07. The first-order chi connectivity index (χ1) is 10.6. The van der Waals surface area contributed by atoms with Gasteiger partial charge in [0.2, 0.25) is 5.82 Å². The number of aryl methyl sites for hydroxylation is 2. The summed E-state index contributed by atoms with van der Waals surface area (Å²) in [5.74, 6) is 0.988. The fraction of sp³-hybridized carbons (Fsp3) is 0.111. The van der Waals surface area contributed by atoms with Gasteiger partial charge in [0, 0.05) is 17.3 Å². The zero-order valence-corrected chi connectivity index (χ0v) is 12.6. The molecule has 0 amide bonds. The van der Waals surface area contributed by atoms with Crippen molar-refractivity contribution in [2.24, 2.45) is 5.73 Å². The van der Waals surface area contributed by atoms with E-state index in [1.165, 1.54) is 0 Å². The van der Waals surface area contributed by atoms with Crippen LogP contribution in [0.15, 0.2) is 53.1 Å². The summed E-state index contributed by atoms with van der Waals surface area (Å²) in [4.78, 5) is 4.43. The van der Waals surface area contributed by atoms with Gasteiger partial charge in [0.15, 0.2) is 0 Å². The normalized spacial score (nSPS) is 11.6. The van der Waals surface area contributed by atoms with Crippen LogP contribution in [0.1, 0.15) is 22.6 Å². The van der Waals surface area contributed by atoms with Crippen LogP contribution in [0.5, 0.6) is 0 Å². The first-order valence-electron chi connectivity index (χ1n) is 7.08. The number of aromatic nitrogens is 2. The third kappa shape index (κ3) is 2.76. The number of nitrogens with two attached hydrogens (primary N) is 1. The number of benzene rings is 2. The second-order valence-electron chi connectivity index (χ2n) is 5.19. The van der Waals surface area contributed by atoms with E-state index in [0.29, 0.717) is 17.4 Å². The first kappa shape index (κ1) is 14.1. The Labute approximate surface area is 129 Å². The molecule has 1 aromatic heterocycles. The summed E-state index contributed by atoms with van der Waals surface area (Å²) in [6, 6.07) is 15.8. The van der Waals surface area contributed by atoms with E-state index in [-0.39, 0.29) is 0 Å². The lowest BCUT2D eigenvalue weighted by Gasteiger charge is -2.03. The van der Waals surface area contributed by atoms with E-state index < -0.39 is 0 Å². The predicted octanol–water partition coefficient (Wildman–Crippen LogP) is 3.81. The molecular weight excluding hydrogens is 274 g/mol. The minimum Gasteiger partial charge on any atom is -0.398 e. The second-order valence-corrected chi connectivity index (χ2v) is 5.19. The summed E-state index contributed by atoms with van der Waals surface area (Å²) in [6.45, 7) is 4.07. The Kier molecular flexibility index (Phi) is 3.74. The molecule has 0 radical (unpaired) electrons. The van der Waals surface area contributed by atoms with Crippen LogP contribution in [0.25, 0.3) is 23.2 Å². The van der Waals surface area contributed by atoms with Crippen LogP contribution in [-0.2, 0) is 0 Å². The van der Waals surface area contributed by atoms with Crippen LogP contribution in [0.2, 0.25) is 0 Å². The Balaban J connectivity index is 1.95. The summed E-state index contributed by atoms with van der Waals surface area (Å²) in [5.41, 5.74) is 10.8. The van der Waals surface area contributed by atoms with Gasteiger partial charge in [0.1, 0.15) is 0 Å². The number of hydrogen-bond acceptors (Lipinski definition) is 4. The van der Waals surface area contributed by atoms with Crippen molar-refractivity contribution in [1.29, 1.82) is 0 Å². The largest absolute Gasteiger partial charge is 0.398 e. The van der Waals surface area contributed by atoms with Crippen molar-refractivity contribution in [2.45, 2.75) is 13.8 Å². The van der Waals surface area contributed by atoms with Gasteiger partial charge in [0.25, 0.3) is 5.89 Å². The highest BCUT2D eigenvalue weighted by Crippen LogP contribution is 2.25. The Morgan fingerprint density at radius 1 is 1.00 bits per heavy atom. The molecule has 0 aliphatic rings. The molecule has 0 bridgehead atoms. The topological polar surface area (TPSA) is 64.9 Å². The van der Waals surface area contributed by atoms with Gasteiger partial charge in [-0.1, -0.05) is 53.7 Å². The highest BCUT2D eigenvalue weighted by atomic mass is 16.5. The molecule has 110 valence electrons. The zero-order valence-electron chi connectivity index (χ0n) is 12.6. The van der Waals surface area contributed by atoms with Crippen LogP contribution >= 0.6 is 0 Å². The van der Waals surface area contributed by atoms with Gasteiger partial charge in [-0.05, 0) is 30.5 Å². The molecule has 22 heavy (non-hydrogen) atoms. The van der Waals surface area contributed by atoms with E-state index in [0.717, 1.165) is 22.3 Å². The highest BCUT2D eigenvalue weighted by molar-refractivity contribution is 5.77. The molecule has 0 aliphatic heterocycles. The average molecular weight is 291 g/mol. The van der Waals surface area contributed by atoms with Gasteiger partial charge in [0.05, 0.1) is 0 Å². The van der Waals surface area contributed by atoms with Crippen molar-refractivity contribution >= 4 is 11.8 Å². The summed E-state index contributed by atoms with van der Waals surface area (Å²) in [6.07, 6.45) is 1.69. The van der Waals surface area contributed by atoms with Crippen LogP contribution in [0.3, 0.4) is 0 Å². The molecular formula is C18H17N3O. The van der Waals surface area contributed by atoms with Crippen molar-refractivity contribution in [3.63, 3.8) is 0 Å². The first-order valence-corrected chi connectivity index (χ1v) is 7.08. The van der Waals surface area contributed by atoms with Gasteiger partial charge in [-0.15, -0.1) is 0 Å². The van der Waals surface area contributed by atoms with E-state index >= 15 is 0 Å². The molecule has 1 heterocycles. The Morgan fingerprint density at radius 3 is 2.36 bits per heavy atom.